The SMILES string of the molecule is COc1cc(Cl)c(C)cc1NC(=O)C[NH+](C)Cc1cccc(OC)c1OC. The third-order valence-electron chi connectivity index (χ3n) is 4.19. The molecule has 0 heterocycles. The van der Waals surface area contributed by atoms with Crippen LogP contribution in [0, 0.1) is 6.92 Å². The summed E-state index contributed by atoms with van der Waals surface area (Å²) in [6, 6.07) is 9.23. The highest BCUT2D eigenvalue weighted by molar-refractivity contribution is 6.31. The molecule has 2 aromatic carbocycles. The maximum atomic E-state index is 12.5. The smallest absolute Gasteiger partial charge is 0.279 e. The molecule has 0 radical (unpaired) electrons. The number of carbonyl (C=O) groups is 1. The van der Waals surface area contributed by atoms with Crippen LogP contribution in [0.5, 0.6) is 17.2 Å². The van der Waals surface area contributed by atoms with E-state index in [9.17, 15) is 4.79 Å². The summed E-state index contributed by atoms with van der Waals surface area (Å²) in [5.74, 6) is 1.78. The highest BCUT2D eigenvalue weighted by Gasteiger charge is 2.17. The van der Waals surface area contributed by atoms with Crippen molar-refractivity contribution >= 4 is 23.2 Å². The zero-order valence-corrected chi connectivity index (χ0v) is 17.1. The number of carbonyl (C=O) groups excluding carboxylic acids is 1. The van der Waals surface area contributed by atoms with Gasteiger partial charge in [0, 0.05) is 11.1 Å². The predicted octanol–water partition coefficient (Wildman–Crippen LogP) is 2.33. The van der Waals surface area contributed by atoms with Crippen molar-refractivity contribution in [2.75, 3.05) is 40.2 Å². The van der Waals surface area contributed by atoms with Crippen molar-refractivity contribution in [3.8, 4) is 17.2 Å². The molecule has 0 aromatic heterocycles. The number of anilines is 1. The molecule has 2 rings (SSSR count). The van der Waals surface area contributed by atoms with Crippen molar-refractivity contribution in [1.82, 2.24) is 0 Å². The Morgan fingerprint density at radius 2 is 1.81 bits per heavy atom. The average molecular weight is 394 g/mol. The van der Waals surface area contributed by atoms with E-state index < -0.39 is 0 Å². The highest BCUT2D eigenvalue weighted by Crippen LogP contribution is 2.31. The Balaban J connectivity index is 2.06. The molecule has 0 aliphatic carbocycles. The van der Waals surface area contributed by atoms with Crippen LogP contribution in [0.25, 0.3) is 0 Å². The third kappa shape index (κ3) is 5.28. The molecule has 0 spiro atoms. The number of likely N-dealkylation sites (N-methyl/N-ethyl adjacent to an activating group) is 1. The molecular formula is C20H26ClN2O4+. The summed E-state index contributed by atoms with van der Waals surface area (Å²) < 4.78 is 16.1. The first kappa shape index (κ1) is 20.9. The van der Waals surface area contributed by atoms with Gasteiger partial charge >= 0.3 is 0 Å². The zero-order valence-electron chi connectivity index (χ0n) is 16.3. The van der Waals surface area contributed by atoms with Gasteiger partial charge in [-0.3, -0.25) is 4.79 Å². The number of para-hydroxylation sites is 1. The lowest BCUT2D eigenvalue weighted by Gasteiger charge is -2.18. The first-order valence-corrected chi connectivity index (χ1v) is 8.92. The van der Waals surface area contributed by atoms with Gasteiger partial charge in [0.15, 0.2) is 18.0 Å². The number of hydrogen-bond acceptors (Lipinski definition) is 4. The second-order valence-electron chi connectivity index (χ2n) is 6.31. The number of amides is 1. The second kappa shape index (κ2) is 9.48. The maximum absolute atomic E-state index is 12.5. The Morgan fingerprint density at radius 1 is 1.11 bits per heavy atom. The fourth-order valence-corrected chi connectivity index (χ4v) is 3.03. The summed E-state index contributed by atoms with van der Waals surface area (Å²) in [6.45, 7) is 2.78. The molecule has 0 bridgehead atoms. The molecule has 1 amide bonds. The van der Waals surface area contributed by atoms with E-state index in [0.717, 1.165) is 16.0 Å². The predicted molar refractivity (Wildman–Crippen MR) is 106 cm³/mol. The topological polar surface area (TPSA) is 61.2 Å². The number of quaternary nitrogens is 1. The fourth-order valence-electron chi connectivity index (χ4n) is 2.88. The number of halogens is 1. The lowest BCUT2D eigenvalue weighted by Crippen LogP contribution is -3.08. The van der Waals surface area contributed by atoms with Gasteiger partial charge in [-0.2, -0.15) is 0 Å². The maximum Gasteiger partial charge on any atom is 0.279 e. The van der Waals surface area contributed by atoms with Crippen LogP contribution >= 0.6 is 11.6 Å². The van der Waals surface area contributed by atoms with Gasteiger partial charge < -0.3 is 24.4 Å². The van der Waals surface area contributed by atoms with Gasteiger partial charge in [0.25, 0.3) is 5.91 Å². The van der Waals surface area contributed by atoms with E-state index in [2.05, 4.69) is 5.32 Å². The quantitative estimate of drug-likeness (QED) is 0.722. The molecule has 146 valence electrons. The summed E-state index contributed by atoms with van der Waals surface area (Å²) >= 11 is 6.11. The second-order valence-corrected chi connectivity index (χ2v) is 6.72. The first-order chi connectivity index (χ1) is 12.9. The number of hydrogen-bond donors (Lipinski definition) is 2. The normalized spacial score (nSPS) is 11.6. The van der Waals surface area contributed by atoms with E-state index >= 15 is 0 Å². The van der Waals surface area contributed by atoms with Gasteiger partial charge in [0.2, 0.25) is 0 Å². The zero-order chi connectivity index (χ0) is 20.0. The Labute approximate surface area is 165 Å². The molecule has 27 heavy (non-hydrogen) atoms. The Hall–Kier alpha value is -2.44. The number of benzene rings is 2. The Morgan fingerprint density at radius 3 is 2.44 bits per heavy atom. The van der Waals surface area contributed by atoms with Gasteiger partial charge in [0.1, 0.15) is 12.3 Å². The number of aryl methyl sites for hydroxylation is 1. The van der Waals surface area contributed by atoms with Crippen LogP contribution in [0.15, 0.2) is 30.3 Å². The minimum atomic E-state index is -0.116. The molecule has 0 aliphatic heterocycles. The lowest BCUT2D eigenvalue weighted by atomic mass is 10.1. The van der Waals surface area contributed by atoms with Crippen LogP contribution in [0.3, 0.4) is 0 Å². The monoisotopic (exact) mass is 393 g/mol. The molecule has 1 unspecified atom stereocenters. The molecule has 0 saturated heterocycles. The van der Waals surface area contributed by atoms with Crippen molar-refractivity contribution in [3.63, 3.8) is 0 Å². The number of rotatable bonds is 8. The molecule has 1 atom stereocenters. The summed E-state index contributed by atoms with van der Waals surface area (Å²) in [5, 5.41) is 3.49. The van der Waals surface area contributed by atoms with E-state index in [0.29, 0.717) is 34.5 Å². The minimum Gasteiger partial charge on any atom is -0.495 e. The summed E-state index contributed by atoms with van der Waals surface area (Å²) in [4.78, 5) is 13.5. The van der Waals surface area contributed by atoms with Crippen LogP contribution in [0.4, 0.5) is 5.69 Å². The standard InChI is InChI=1S/C20H25ClN2O4/c1-13-9-16(18(26-4)10-15(13)21)22-19(24)12-23(2)11-14-7-6-8-17(25-3)20(14)27-5/h6-10H,11-12H2,1-5H3,(H,22,24)/p+1. The van der Waals surface area contributed by atoms with E-state index in [4.69, 9.17) is 25.8 Å². The summed E-state index contributed by atoms with van der Waals surface area (Å²) in [7, 11) is 6.71. The van der Waals surface area contributed by atoms with Crippen LogP contribution in [0.1, 0.15) is 11.1 Å². The third-order valence-corrected chi connectivity index (χ3v) is 4.60. The van der Waals surface area contributed by atoms with Crippen LogP contribution in [-0.2, 0) is 11.3 Å². The molecule has 0 aliphatic rings. The van der Waals surface area contributed by atoms with E-state index in [1.807, 2.05) is 32.2 Å². The molecule has 2 aromatic rings. The van der Waals surface area contributed by atoms with Crippen molar-refractivity contribution in [3.05, 3.63) is 46.5 Å². The average Bonchev–Trinajstić information content (AvgIpc) is 2.63. The van der Waals surface area contributed by atoms with Crippen molar-refractivity contribution in [2.45, 2.75) is 13.5 Å². The molecule has 2 N–H and O–H groups in total. The van der Waals surface area contributed by atoms with Gasteiger partial charge in [-0.25, -0.2) is 0 Å². The number of ether oxygens (including phenoxy) is 3. The molecule has 0 saturated carbocycles. The highest BCUT2D eigenvalue weighted by atomic mass is 35.5. The number of nitrogens with one attached hydrogen (secondary N) is 2. The number of methoxy groups -OCH3 is 3. The molecule has 6 nitrogen and oxygen atoms in total. The minimum absolute atomic E-state index is 0.116. The van der Waals surface area contributed by atoms with Gasteiger partial charge in [0.05, 0.1) is 39.6 Å². The van der Waals surface area contributed by atoms with E-state index in [1.54, 1.807) is 33.5 Å². The fraction of sp³-hybridized carbons (Fsp3) is 0.350. The van der Waals surface area contributed by atoms with Crippen LogP contribution in [-0.4, -0.2) is 40.8 Å². The van der Waals surface area contributed by atoms with Gasteiger partial charge in [-0.05, 0) is 30.7 Å². The van der Waals surface area contributed by atoms with Crippen molar-refractivity contribution in [2.24, 2.45) is 0 Å². The molecular weight excluding hydrogens is 368 g/mol. The van der Waals surface area contributed by atoms with Crippen LogP contribution < -0.4 is 24.4 Å². The van der Waals surface area contributed by atoms with Crippen molar-refractivity contribution < 1.29 is 23.9 Å². The molecule has 7 heteroatoms. The van der Waals surface area contributed by atoms with Crippen LogP contribution in [0.2, 0.25) is 5.02 Å². The summed E-state index contributed by atoms with van der Waals surface area (Å²) in [6.07, 6.45) is 0. The lowest BCUT2D eigenvalue weighted by molar-refractivity contribution is -0.885. The Bertz CT molecular complexity index is 811. The van der Waals surface area contributed by atoms with E-state index in [-0.39, 0.29) is 12.5 Å². The Kier molecular flexibility index (Phi) is 7.33. The first-order valence-electron chi connectivity index (χ1n) is 8.54. The molecule has 0 fully saturated rings. The summed E-state index contributed by atoms with van der Waals surface area (Å²) in [5.41, 5.74) is 2.45. The van der Waals surface area contributed by atoms with Crippen molar-refractivity contribution in [1.29, 1.82) is 0 Å². The van der Waals surface area contributed by atoms with Gasteiger partial charge in [-0.1, -0.05) is 17.7 Å². The largest absolute Gasteiger partial charge is 0.495 e. The van der Waals surface area contributed by atoms with Gasteiger partial charge in [-0.15, -0.1) is 0 Å². The van der Waals surface area contributed by atoms with E-state index in [1.165, 1.54) is 0 Å².